The molecule has 1 unspecified atom stereocenters. The van der Waals surface area contributed by atoms with Crippen LogP contribution in [-0.4, -0.2) is 32.9 Å². The normalized spacial score (nSPS) is 20.7. The van der Waals surface area contributed by atoms with Gasteiger partial charge in [0.05, 0.1) is 11.5 Å². The first-order valence-corrected chi connectivity index (χ1v) is 9.02. The van der Waals surface area contributed by atoms with E-state index in [4.69, 9.17) is 4.74 Å². The molecule has 0 aliphatic carbocycles. The Morgan fingerprint density at radius 2 is 1.78 bits per heavy atom. The van der Waals surface area contributed by atoms with Crippen molar-refractivity contribution in [3.8, 4) is 0 Å². The largest absolute Gasteiger partial charge is 0.363 e. The van der Waals surface area contributed by atoms with Crippen molar-refractivity contribution >= 4 is 10.0 Å². The van der Waals surface area contributed by atoms with Crippen molar-refractivity contribution in [3.05, 3.63) is 65.2 Å². The summed E-state index contributed by atoms with van der Waals surface area (Å²) in [4.78, 5) is 0.365. The predicted octanol–water partition coefficient (Wildman–Crippen LogP) is 2.85. The van der Waals surface area contributed by atoms with Crippen molar-refractivity contribution in [1.29, 1.82) is 0 Å². The molecule has 4 nitrogen and oxygen atoms in total. The molecule has 3 rings (SSSR count). The van der Waals surface area contributed by atoms with Crippen LogP contribution < -0.4 is 0 Å². The first kappa shape index (κ1) is 16.2. The van der Waals surface area contributed by atoms with Gasteiger partial charge in [-0.25, -0.2) is 8.42 Å². The minimum absolute atomic E-state index is 0.312. The molecule has 0 radical (unpaired) electrons. The molecule has 122 valence electrons. The smallest absolute Gasteiger partial charge is 0.243 e. The van der Waals surface area contributed by atoms with Gasteiger partial charge in [-0.05, 0) is 36.6 Å². The van der Waals surface area contributed by atoms with Crippen molar-refractivity contribution < 1.29 is 13.2 Å². The van der Waals surface area contributed by atoms with Gasteiger partial charge in [0.25, 0.3) is 0 Å². The van der Waals surface area contributed by atoms with E-state index < -0.39 is 15.6 Å². The lowest BCUT2D eigenvalue weighted by Crippen LogP contribution is -2.35. The molecule has 1 atom stereocenters. The fourth-order valence-corrected chi connectivity index (χ4v) is 4.30. The molecule has 1 aliphatic rings. The lowest BCUT2D eigenvalue weighted by molar-refractivity contribution is 0.265. The molecule has 1 fully saturated rings. The summed E-state index contributed by atoms with van der Waals surface area (Å²) in [6, 6.07) is 15.3. The number of aryl methyl sites for hydroxylation is 2. The zero-order valence-corrected chi connectivity index (χ0v) is 14.4. The van der Waals surface area contributed by atoms with Gasteiger partial charge in [0.15, 0.2) is 0 Å². The molecule has 1 aliphatic heterocycles. The maximum absolute atomic E-state index is 12.9. The number of ether oxygens (including phenoxy) is 1. The number of hydrogen-bond donors (Lipinski definition) is 0. The summed E-state index contributed by atoms with van der Waals surface area (Å²) >= 11 is 0. The van der Waals surface area contributed by atoms with Crippen molar-refractivity contribution in [2.45, 2.75) is 24.3 Å². The first-order valence-electron chi connectivity index (χ1n) is 7.58. The number of hydrogen-bond acceptors (Lipinski definition) is 3. The van der Waals surface area contributed by atoms with Crippen LogP contribution in [0.1, 0.15) is 16.7 Å². The van der Waals surface area contributed by atoms with E-state index in [0.29, 0.717) is 18.0 Å². The third kappa shape index (κ3) is 3.04. The molecular formula is C18H21NO3S. The second kappa shape index (κ2) is 5.74. The van der Waals surface area contributed by atoms with Crippen LogP contribution in [0.4, 0.5) is 0 Å². The monoisotopic (exact) mass is 331 g/mol. The van der Waals surface area contributed by atoms with Crippen molar-refractivity contribution in [2.24, 2.45) is 0 Å². The molecular weight excluding hydrogens is 310 g/mol. The average Bonchev–Trinajstić information content (AvgIpc) is 3.31. The number of rotatable bonds is 5. The van der Waals surface area contributed by atoms with Crippen LogP contribution in [0, 0.1) is 13.8 Å². The molecule has 0 amide bonds. The summed E-state index contributed by atoms with van der Waals surface area (Å²) in [6.45, 7) is 4.57. The molecule has 1 heterocycles. The molecule has 0 N–H and O–H groups in total. The number of likely N-dealkylation sites (N-methyl/N-ethyl adjacent to an activating group) is 1. The second-order valence-electron chi connectivity index (χ2n) is 6.18. The Bertz CT molecular complexity index is 811. The summed E-state index contributed by atoms with van der Waals surface area (Å²) in [6.07, 6.45) is 0. The Balaban J connectivity index is 1.88. The summed E-state index contributed by atoms with van der Waals surface area (Å²) in [5.41, 5.74) is 2.19. The van der Waals surface area contributed by atoms with Crippen molar-refractivity contribution in [3.63, 3.8) is 0 Å². The van der Waals surface area contributed by atoms with Crippen LogP contribution in [0.25, 0.3) is 0 Å². The van der Waals surface area contributed by atoms with Gasteiger partial charge >= 0.3 is 0 Å². The van der Waals surface area contributed by atoms with Gasteiger partial charge in [-0.3, -0.25) is 0 Å². The lowest BCUT2D eigenvalue weighted by Gasteiger charge is -2.22. The predicted molar refractivity (Wildman–Crippen MR) is 89.8 cm³/mol. The van der Waals surface area contributed by atoms with E-state index in [1.807, 2.05) is 56.3 Å². The van der Waals surface area contributed by atoms with Crippen LogP contribution >= 0.6 is 0 Å². The average molecular weight is 331 g/mol. The highest BCUT2D eigenvalue weighted by Crippen LogP contribution is 2.40. The quantitative estimate of drug-likeness (QED) is 0.792. The first-order chi connectivity index (χ1) is 10.8. The molecule has 0 saturated carbocycles. The van der Waals surface area contributed by atoms with E-state index in [-0.39, 0.29) is 0 Å². The number of sulfonamides is 1. The van der Waals surface area contributed by atoms with E-state index in [2.05, 4.69) is 0 Å². The van der Waals surface area contributed by atoms with Gasteiger partial charge in [-0.15, -0.1) is 0 Å². The van der Waals surface area contributed by atoms with Crippen LogP contribution in [0.2, 0.25) is 0 Å². The Labute approximate surface area is 137 Å². The Morgan fingerprint density at radius 1 is 1.13 bits per heavy atom. The molecule has 1 saturated heterocycles. The van der Waals surface area contributed by atoms with Crippen LogP contribution in [-0.2, 0) is 20.4 Å². The van der Waals surface area contributed by atoms with E-state index in [9.17, 15) is 8.42 Å². The third-order valence-corrected chi connectivity index (χ3v) is 6.25. The molecule has 2 aromatic rings. The van der Waals surface area contributed by atoms with E-state index >= 15 is 0 Å². The topological polar surface area (TPSA) is 49.9 Å². The zero-order chi connectivity index (χ0) is 16.7. The highest BCUT2D eigenvalue weighted by atomic mass is 32.2. The Morgan fingerprint density at radius 3 is 2.39 bits per heavy atom. The van der Waals surface area contributed by atoms with E-state index in [1.54, 1.807) is 13.1 Å². The SMILES string of the molecule is Cc1ccc(C)c(S(=O)(=O)N(C)CC2(c3ccccc3)CO2)c1. The van der Waals surface area contributed by atoms with Gasteiger partial charge in [0, 0.05) is 13.6 Å². The third-order valence-electron chi connectivity index (χ3n) is 4.30. The summed E-state index contributed by atoms with van der Waals surface area (Å²) < 4.78 is 32.9. The summed E-state index contributed by atoms with van der Waals surface area (Å²) in [7, 11) is -1.93. The second-order valence-corrected chi connectivity index (χ2v) is 8.19. The fraction of sp³-hybridized carbons (Fsp3) is 0.333. The van der Waals surface area contributed by atoms with Gasteiger partial charge in [-0.1, -0.05) is 42.5 Å². The van der Waals surface area contributed by atoms with E-state index in [0.717, 1.165) is 16.7 Å². The summed E-state index contributed by atoms with van der Waals surface area (Å²) in [5, 5.41) is 0. The van der Waals surface area contributed by atoms with Gasteiger partial charge < -0.3 is 4.74 Å². The number of epoxide rings is 1. The highest BCUT2D eigenvalue weighted by molar-refractivity contribution is 7.89. The Hall–Kier alpha value is -1.69. The van der Waals surface area contributed by atoms with Crippen LogP contribution in [0.5, 0.6) is 0 Å². The number of nitrogens with zero attached hydrogens (tertiary/aromatic N) is 1. The molecule has 23 heavy (non-hydrogen) atoms. The minimum Gasteiger partial charge on any atom is -0.363 e. The van der Waals surface area contributed by atoms with E-state index in [1.165, 1.54) is 4.31 Å². The van der Waals surface area contributed by atoms with Crippen molar-refractivity contribution in [2.75, 3.05) is 20.2 Å². The van der Waals surface area contributed by atoms with Gasteiger partial charge in [-0.2, -0.15) is 4.31 Å². The zero-order valence-electron chi connectivity index (χ0n) is 13.6. The van der Waals surface area contributed by atoms with Crippen LogP contribution in [0.3, 0.4) is 0 Å². The maximum atomic E-state index is 12.9. The number of benzene rings is 2. The molecule has 0 aromatic heterocycles. The highest BCUT2D eigenvalue weighted by Gasteiger charge is 2.48. The van der Waals surface area contributed by atoms with Gasteiger partial charge in [0.2, 0.25) is 10.0 Å². The fourth-order valence-electron chi connectivity index (χ4n) is 2.78. The molecule has 0 bridgehead atoms. The standard InChI is InChI=1S/C18H21NO3S/c1-14-9-10-15(2)17(11-14)23(20,21)19(3)12-18(13-22-18)16-7-5-4-6-8-16/h4-11H,12-13H2,1-3H3. The maximum Gasteiger partial charge on any atom is 0.243 e. The van der Waals surface area contributed by atoms with Crippen molar-refractivity contribution in [1.82, 2.24) is 4.31 Å². The van der Waals surface area contributed by atoms with Crippen LogP contribution in [0.15, 0.2) is 53.4 Å². The summed E-state index contributed by atoms with van der Waals surface area (Å²) in [5.74, 6) is 0. The molecule has 2 aromatic carbocycles. The van der Waals surface area contributed by atoms with Gasteiger partial charge in [0.1, 0.15) is 5.60 Å². The molecule has 0 spiro atoms. The molecule has 5 heteroatoms. The minimum atomic E-state index is -3.54. The Kier molecular flexibility index (Phi) is 4.04. The lowest BCUT2D eigenvalue weighted by atomic mass is 10.0.